The summed E-state index contributed by atoms with van der Waals surface area (Å²) in [7, 11) is 0. The molecule has 0 aromatic heterocycles. The summed E-state index contributed by atoms with van der Waals surface area (Å²) in [5.74, 6) is 0.903. The first kappa shape index (κ1) is 12.0. The molecule has 0 heterocycles. The van der Waals surface area contributed by atoms with Crippen molar-refractivity contribution in [3.05, 3.63) is 0 Å². The molecule has 3 atom stereocenters. The zero-order valence-corrected chi connectivity index (χ0v) is 10.4. The van der Waals surface area contributed by atoms with Gasteiger partial charge in [0.25, 0.3) is 0 Å². The van der Waals surface area contributed by atoms with E-state index in [1.807, 2.05) is 0 Å². The molecule has 0 aromatic carbocycles. The Bertz CT molecular complexity index is 167. The fourth-order valence-corrected chi connectivity index (χ4v) is 2.96. The molecule has 3 unspecified atom stereocenters. The Morgan fingerprint density at radius 1 is 1.43 bits per heavy atom. The van der Waals surface area contributed by atoms with Crippen molar-refractivity contribution in [2.45, 2.75) is 65.8 Å². The lowest BCUT2D eigenvalue weighted by Crippen LogP contribution is -2.27. The van der Waals surface area contributed by atoms with Gasteiger partial charge in [0.05, 0.1) is 0 Å². The van der Waals surface area contributed by atoms with Crippen LogP contribution < -0.4 is 5.32 Å². The van der Waals surface area contributed by atoms with Crippen LogP contribution >= 0.6 is 0 Å². The van der Waals surface area contributed by atoms with Crippen molar-refractivity contribution in [1.82, 2.24) is 5.32 Å². The molecule has 0 aromatic rings. The number of hydrogen-bond donors (Lipinski definition) is 1. The minimum atomic E-state index is 0.627. The molecule has 1 aliphatic rings. The summed E-state index contributed by atoms with van der Waals surface area (Å²) in [6.45, 7) is 10.5. The third-order valence-electron chi connectivity index (χ3n) is 3.87. The van der Waals surface area contributed by atoms with Crippen LogP contribution in [-0.4, -0.2) is 12.6 Å². The first-order chi connectivity index (χ1) is 6.59. The fraction of sp³-hybridized carbons (Fsp3) is 1.00. The Balaban J connectivity index is 2.37. The highest BCUT2D eigenvalue weighted by atomic mass is 14.9. The van der Waals surface area contributed by atoms with Crippen molar-refractivity contribution in [2.75, 3.05) is 6.54 Å². The monoisotopic (exact) mass is 197 g/mol. The molecule has 0 spiro atoms. The van der Waals surface area contributed by atoms with E-state index in [0.29, 0.717) is 5.41 Å². The molecule has 0 aliphatic heterocycles. The molecule has 0 bridgehead atoms. The van der Waals surface area contributed by atoms with Gasteiger partial charge in [-0.15, -0.1) is 0 Å². The maximum Gasteiger partial charge on any atom is 0.00723 e. The van der Waals surface area contributed by atoms with Crippen LogP contribution in [0.1, 0.15) is 59.8 Å². The van der Waals surface area contributed by atoms with Gasteiger partial charge in [-0.3, -0.25) is 0 Å². The minimum Gasteiger partial charge on any atom is -0.314 e. The molecule has 1 N–H and O–H groups in total. The number of rotatable bonds is 5. The van der Waals surface area contributed by atoms with E-state index < -0.39 is 0 Å². The number of hydrogen-bond acceptors (Lipinski definition) is 1. The molecule has 1 rings (SSSR count). The van der Waals surface area contributed by atoms with Crippen molar-refractivity contribution < 1.29 is 0 Å². The zero-order chi connectivity index (χ0) is 10.6. The average molecular weight is 197 g/mol. The SMILES string of the molecule is CCNC1CCC(C)(CC(C)CC)C1. The molecule has 84 valence electrons. The predicted molar refractivity (Wildman–Crippen MR) is 63.5 cm³/mol. The van der Waals surface area contributed by atoms with E-state index in [4.69, 9.17) is 0 Å². The van der Waals surface area contributed by atoms with Crippen LogP contribution in [0.5, 0.6) is 0 Å². The summed E-state index contributed by atoms with van der Waals surface area (Å²) >= 11 is 0. The summed E-state index contributed by atoms with van der Waals surface area (Å²) in [5, 5.41) is 3.59. The summed E-state index contributed by atoms with van der Waals surface area (Å²) in [6.07, 6.45) is 6.97. The maximum absolute atomic E-state index is 3.59. The van der Waals surface area contributed by atoms with Gasteiger partial charge in [-0.1, -0.05) is 34.1 Å². The Labute approximate surface area is 89.7 Å². The van der Waals surface area contributed by atoms with Gasteiger partial charge < -0.3 is 5.32 Å². The van der Waals surface area contributed by atoms with E-state index >= 15 is 0 Å². The fourth-order valence-electron chi connectivity index (χ4n) is 2.96. The van der Waals surface area contributed by atoms with Gasteiger partial charge in [-0.05, 0) is 43.6 Å². The van der Waals surface area contributed by atoms with Gasteiger partial charge >= 0.3 is 0 Å². The molecular formula is C13H27N. The zero-order valence-electron chi connectivity index (χ0n) is 10.4. The molecule has 1 nitrogen and oxygen atoms in total. The maximum atomic E-state index is 3.59. The normalized spacial score (nSPS) is 34.7. The smallest absolute Gasteiger partial charge is 0.00723 e. The highest BCUT2D eigenvalue weighted by Gasteiger charge is 2.35. The van der Waals surface area contributed by atoms with Gasteiger partial charge in [0.1, 0.15) is 0 Å². The van der Waals surface area contributed by atoms with Crippen molar-refractivity contribution in [3.8, 4) is 0 Å². The second-order valence-electron chi connectivity index (χ2n) is 5.53. The van der Waals surface area contributed by atoms with Crippen LogP contribution in [-0.2, 0) is 0 Å². The Kier molecular flexibility index (Phi) is 4.43. The van der Waals surface area contributed by atoms with Crippen LogP contribution in [0.15, 0.2) is 0 Å². The van der Waals surface area contributed by atoms with E-state index in [2.05, 4.69) is 33.0 Å². The Morgan fingerprint density at radius 3 is 2.71 bits per heavy atom. The second-order valence-corrected chi connectivity index (χ2v) is 5.53. The van der Waals surface area contributed by atoms with Gasteiger partial charge in [0.15, 0.2) is 0 Å². The lowest BCUT2D eigenvalue weighted by atomic mass is 9.79. The number of nitrogens with one attached hydrogen (secondary N) is 1. The standard InChI is InChI=1S/C13H27N/c1-5-11(3)9-13(4)8-7-12(10-13)14-6-2/h11-12,14H,5-10H2,1-4H3. The topological polar surface area (TPSA) is 12.0 Å². The summed E-state index contributed by atoms with van der Waals surface area (Å²) in [5.41, 5.74) is 0.627. The molecule has 14 heavy (non-hydrogen) atoms. The van der Waals surface area contributed by atoms with Gasteiger partial charge in [-0.25, -0.2) is 0 Å². The van der Waals surface area contributed by atoms with Gasteiger partial charge in [0, 0.05) is 6.04 Å². The van der Waals surface area contributed by atoms with Crippen LogP contribution in [0.25, 0.3) is 0 Å². The van der Waals surface area contributed by atoms with E-state index in [1.54, 1.807) is 0 Å². The Hall–Kier alpha value is -0.0400. The molecule has 1 fully saturated rings. The second kappa shape index (κ2) is 5.16. The summed E-state index contributed by atoms with van der Waals surface area (Å²) in [4.78, 5) is 0. The summed E-state index contributed by atoms with van der Waals surface area (Å²) in [6, 6.07) is 0.800. The third-order valence-corrected chi connectivity index (χ3v) is 3.87. The highest BCUT2D eigenvalue weighted by Crippen LogP contribution is 2.43. The average Bonchev–Trinajstić information content (AvgIpc) is 2.48. The largest absolute Gasteiger partial charge is 0.314 e. The van der Waals surface area contributed by atoms with E-state index in [0.717, 1.165) is 18.5 Å². The van der Waals surface area contributed by atoms with Crippen molar-refractivity contribution in [2.24, 2.45) is 11.3 Å². The van der Waals surface area contributed by atoms with Crippen molar-refractivity contribution in [1.29, 1.82) is 0 Å². The Morgan fingerprint density at radius 2 is 2.14 bits per heavy atom. The highest BCUT2D eigenvalue weighted by molar-refractivity contribution is 4.89. The van der Waals surface area contributed by atoms with Crippen LogP contribution in [0.3, 0.4) is 0 Å². The molecule has 1 aliphatic carbocycles. The molecular weight excluding hydrogens is 170 g/mol. The quantitative estimate of drug-likeness (QED) is 0.710. The van der Waals surface area contributed by atoms with Crippen LogP contribution in [0, 0.1) is 11.3 Å². The van der Waals surface area contributed by atoms with Gasteiger partial charge in [-0.2, -0.15) is 0 Å². The predicted octanol–water partition coefficient (Wildman–Crippen LogP) is 3.59. The lowest BCUT2D eigenvalue weighted by molar-refractivity contribution is 0.246. The first-order valence-electron chi connectivity index (χ1n) is 6.33. The lowest BCUT2D eigenvalue weighted by Gasteiger charge is -2.27. The third kappa shape index (κ3) is 3.27. The van der Waals surface area contributed by atoms with E-state index in [1.165, 1.54) is 32.1 Å². The molecule has 0 saturated heterocycles. The molecule has 1 heteroatoms. The first-order valence-corrected chi connectivity index (χ1v) is 6.33. The molecule has 0 radical (unpaired) electrons. The van der Waals surface area contributed by atoms with Gasteiger partial charge in [0.2, 0.25) is 0 Å². The van der Waals surface area contributed by atoms with Crippen molar-refractivity contribution in [3.63, 3.8) is 0 Å². The van der Waals surface area contributed by atoms with E-state index in [-0.39, 0.29) is 0 Å². The molecule has 0 amide bonds. The van der Waals surface area contributed by atoms with E-state index in [9.17, 15) is 0 Å². The van der Waals surface area contributed by atoms with Crippen molar-refractivity contribution >= 4 is 0 Å². The van der Waals surface area contributed by atoms with Crippen LogP contribution in [0.4, 0.5) is 0 Å². The minimum absolute atomic E-state index is 0.627. The van der Waals surface area contributed by atoms with Crippen LogP contribution in [0.2, 0.25) is 0 Å². The summed E-state index contributed by atoms with van der Waals surface area (Å²) < 4.78 is 0. The molecule has 1 saturated carbocycles.